The van der Waals surface area contributed by atoms with E-state index in [-0.39, 0.29) is 0 Å². The van der Waals surface area contributed by atoms with Crippen molar-refractivity contribution in [2.75, 3.05) is 0 Å². The van der Waals surface area contributed by atoms with Gasteiger partial charge < -0.3 is 0 Å². The summed E-state index contributed by atoms with van der Waals surface area (Å²) in [5.41, 5.74) is 4.65. The molecule has 1 aliphatic carbocycles. The molecule has 2 aromatic carbocycles. The number of hydrogen-bond acceptors (Lipinski definition) is 0. The Kier molecular flexibility index (Phi) is 4.53. The van der Waals surface area contributed by atoms with E-state index >= 15 is 0 Å². The molecule has 0 spiro atoms. The molecule has 1 fully saturated rings. The van der Waals surface area contributed by atoms with Gasteiger partial charge in [0.05, 0.1) is 0 Å². The summed E-state index contributed by atoms with van der Waals surface area (Å²) < 4.78 is 0. The minimum absolute atomic E-state index is 0.815. The minimum Gasteiger partial charge on any atom is -0.0622 e. The molecule has 104 valence electrons. The highest BCUT2D eigenvalue weighted by Gasteiger charge is 2.17. The molecular formula is C20H24. The maximum atomic E-state index is 2.37. The quantitative estimate of drug-likeness (QED) is 0.682. The molecule has 0 aromatic heterocycles. The van der Waals surface area contributed by atoms with Crippen LogP contribution in [0.1, 0.15) is 54.7 Å². The van der Waals surface area contributed by atoms with Crippen molar-refractivity contribution in [1.29, 1.82) is 0 Å². The van der Waals surface area contributed by atoms with Crippen LogP contribution in [0.25, 0.3) is 0 Å². The molecule has 0 bridgehead atoms. The molecular weight excluding hydrogens is 240 g/mol. The van der Waals surface area contributed by atoms with Gasteiger partial charge in [0.15, 0.2) is 0 Å². The first-order valence-electron chi connectivity index (χ1n) is 8.05. The van der Waals surface area contributed by atoms with E-state index in [4.69, 9.17) is 0 Å². The van der Waals surface area contributed by atoms with Crippen LogP contribution in [-0.2, 0) is 12.8 Å². The van der Waals surface area contributed by atoms with Gasteiger partial charge in [-0.2, -0.15) is 0 Å². The summed E-state index contributed by atoms with van der Waals surface area (Å²) in [4.78, 5) is 0. The maximum absolute atomic E-state index is 2.37. The van der Waals surface area contributed by atoms with E-state index < -0.39 is 0 Å². The highest BCUT2D eigenvalue weighted by atomic mass is 14.2. The third-order valence-electron chi connectivity index (χ3n) is 4.63. The first-order valence-corrected chi connectivity index (χ1v) is 8.05. The molecule has 0 saturated heterocycles. The van der Waals surface area contributed by atoms with E-state index in [2.05, 4.69) is 54.6 Å². The van der Waals surface area contributed by atoms with Crippen LogP contribution in [0.4, 0.5) is 0 Å². The Morgan fingerprint density at radius 2 is 1.40 bits per heavy atom. The van der Waals surface area contributed by atoms with E-state index in [0.717, 1.165) is 12.3 Å². The standard InChI is InChI=1S/C20H24/c1-3-9-17(10-4-1)15-16-19-13-7-8-14-20(19)18-11-5-2-6-12-18/h1,3-4,7-10,13-14,18H,2,5-6,11-12,15-16H2. The normalized spacial score (nSPS) is 16.2. The van der Waals surface area contributed by atoms with Crippen molar-refractivity contribution in [3.63, 3.8) is 0 Å². The Bertz CT molecular complexity index is 521. The lowest BCUT2D eigenvalue weighted by atomic mass is 9.81. The topological polar surface area (TPSA) is 0 Å². The second-order valence-electron chi connectivity index (χ2n) is 6.02. The zero-order valence-corrected chi connectivity index (χ0v) is 12.2. The molecule has 0 heteroatoms. The number of hydrogen-bond donors (Lipinski definition) is 0. The Morgan fingerprint density at radius 3 is 2.20 bits per heavy atom. The number of rotatable bonds is 4. The summed E-state index contributed by atoms with van der Waals surface area (Å²) in [6.07, 6.45) is 9.38. The van der Waals surface area contributed by atoms with E-state index in [1.165, 1.54) is 44.1 Å². The zero-order chi connectivity index (χ0) is 13.6. The van der Waals surface area contributed by atoms with Crippen molar-refractivity contribution in [3.8, 4) is 0 Å². The molecule has 1 saturated carbocycles. The summed E-state index contributed by atoms with van der Waals surface area (Å²) in [5, 5.41) is 0. The van der Waals surface area contributed by atoms with Gasteiger partial charge in [-0.3, -0.25) is 0 Å². The highest BCUT2D eigenvalue weighted by molar-refractivity contribution is 5.32. The maximum Gasteiger partial charge on any atom is -0.0159 e. The van der Waals surface area contributed by atoms with Crippen LogP contribution in [0, 0.1) is 0 Å². The fraction of sp³-hybridized carbons (Fsp3) is 0.400. The lowest BCUT2D eigenvalue weighted by molar-refractivity contribution is 0.441. The summed E-state index contributed by atoms with van der Waals surface area (Å²) >= 11 is 0. The molecule has 1 aliphatic rings. The molecule has 0 heterocycles. The molecule has 0 atom stereocenters. The van der Waals surface area contributed by atoms with Crippen LogP contribution in [0.5, 0.6) is 0 Å². The highest BCUT2D eigenvalue weighted by Crippen LogP contribution is 2.34. The summed E-state index contributed by atoms with van der Waals surface area (Å²) in [7, 11) is 0. The zero-order valence-electron chi connectivity index (χ0n) is 12.2. The Hall–Kier alpha value is -1.56. The monoisotopic (exact) mass is 264 g/mol. The average Bonchev–Trinajstić information content (AvgIpc) is 2.55. The largest absolute Gasteiger partial charge is 0.0622 e. The molecule has 2 aromatic rings. The Morgan fingerprint density at radius 1 is 0.700 bits per heavy atom. The Labute approximate surface area is 122 Å². The smallest absolute Gasteiger partial charge is 0.0159 e. The number of benzene rings is 2. The first kappa shape index (κ1) is 13.4. The molecule has 0 amide bonds. The van der Waals surface area contributed by atoms with Crippen molar-refractivity contribution in [2.45, 2.75) is 50.9 Å². The molecule has 20 heavy (non-hydrogen) atoms. The van der Waals surface area contributed by atoms with Gasteiger partial charge in [0.25, 0.3) is 0 Å². The van der Waals surface area contributed by atoms with Crippen LogP contribution >= 0.6 is 0 Å². The van der Waals surface area contributed by atoms with Crippen molar-refractivity contribution in [3.05, 3.63) is 71.3 Å². The van der Waals surface area contributed by atoms with Crippen molar-refractivity contribution in [1.82, 2.24) is 0 Å². The van der Waals surface area contributed by atoms with Gasteiger partial charge in [-0.1, -0.05) is 73.9 Å². The SMILES string of the molecule is c1ccc(CCc2ccccc2C2CCCCC2)cc1. The number of aryl methyl sites for hydroxylation is 2. The summed E-state index contributed by atoms with van der Waals surface area (Å²) in [5.74, 6) is 0.815. The van der Waals surface area contributed by atoms with Gasteiger partial charge in [-0.15, -0.1) is 0 Å². The molecule has 0 radical (unpaired) electrons. The molecule has 3 rings (SSSR count). The van der Waals surface area contributed by atoms with Gasteiger partial charge in [-0.25, -0.2) is 0 Å². The molecule has 0 unspecified atom stereocenters. The van der Waals surface area contributed by atoms with Gasteiger partial charge in [-0.05, 0) is 48.3 Å². The van der Waals surface area contributed by atoms with E-state index in [1.54, 1.807) is 11.1 Å². The van der Waals surface area contributed by atoms with Crippen LogP contribution in [-0.4, -0.2) is 0 Å². The van der Waals surface area contributed by atoms with Crippen molar-refractivity contribution >= 4 is 0 Å². The van der Waals surface area contributed by atoms with Crippen LogP contribution < -0.4 is 0 Å². The molecule has 0 nitrogen and oxygen atoms in total. The Balaban J connectivity index is 1.72. The minimum atomic E-state index is 0.815. The van der Waals surface area contributed by atoms with Crippen molar-refractivity contribution in [2.24, 2.45) is 0 Å². The van der Waals surface area contributed by atoms with E-state index in [9.17, 15) is 0 Å². The first-order chi connectivity index (χ1) is 9.93. The van der Waals surface area contributed by atoms with E-state index in [1.807, 2.05) is 0 Å². The van der Waals surface area contributed by atoms with Gasteiger partial charge >= 0.3 is 0 Å². The van der Waals surface area contributed by atoms with E-state index in [0.29, 0.717) is 0 Å². The fourth-order valence-corrected chi connectivity index (χ4v) is 3.50. The predicted octanol–water partition coefficient (Wildman–Crippen LogP) is 5.52. The van der Waals surface area contributed by atoms with Gasteiger partial charge in [0.1, 0.15) is 0 Å². The summed E-state index contributed by atoms with van der Waals surface area (Å²) in [6.45, 7) is 0. The second-order valence-corrected chi connectivity index (χ2v) is 6.02. The lowest BCUT2D eigenvalue weighted by Gasteiger charge is -2.24. The third kappa shape index (κ3) is 3.30. The van der Waals surface area contributed by atoms with Crippen LogP contribution in [0.15, 0.2) is 54.6 Å². The molecule has 0 aliphatic heterocycles. The van der Waals surface area contributed by atoms with Crippen molar-refractivity contribution < 1.29 is 0 Å². The van der Waals surface area contributed by atoms with Crippen LogP contribution in [0.3, 0.4) is 0 Å². The third-order valence-corrected chi connectivity index (χ3v) is 4.63. The fourth-order valence-electron chi connectivity index (χ4n) is 3.50. The lowest BCUT2D eigenvalue weighted by Crippen LogP contribution is -2.08. The van der Waals surface area contributed by atoms with Gasteiger partial charge in [0, 0.05) is 0 Å². The average molecular weight is 264 g/mol. The predicted molar refractivity (Wildman–Crippen MR) is 86.1 cm³/mol. The molecule has 0 N–H and O–H groups in total. The summed E-state index contributed by atoms with van der Waals surface area (Å²) in [6, 6.07) is 20.0. The van der Waals surface area contributed by atoms with Gasteiger partial charge in [0.2, 0.25) is 0 Å². The van der Waals surface area contributed by atoms with Crippen LogP contribution in [0.2, 0.25) is 0 Å². The second kappa shape index (κ2) is 6.74.